The summed E-state index contributed by atoms with van der Waals surface area (Å²) in [5, 5.41) is 14.2. The summed E-state index contributed by atoms with van der Waals surface area (Å²) in [5.74, 6) is 4.79. The van der Waals surface area contributed by atoms with E-state index in [4.69, 9.17) is 12.2 Å². The van der Waals surface area contributed by atoms with E-state index in [1.54, 1.807) is 0 Å². The lowest BCUT2D eigenvalue weighted by atomic mass is 9.49. The first kappa shape index (κ1) is 20.0. The zero-order chi connectivity index (χ0) is 20.2. The van der Waals surface area contributed by atoms with Gasteiger partial charge in [0.15, 0.2) is 0 Å². The van der Waals surface area contributed by atoms with Crippen molar-refractivity contribution in [2.24, 2.45) is 40.9 Å². The van der Waals surface area contributed by atoms with Crippen molar-refractivity contribution in [1.82, 2.24) is 0 Å². The first-order valence-electron chi connectivity index (χ1n) is 12.0. The Morgan fingerprint density at radius 2 is 1.69 bits per heavy atom. The maximum Gasteiger partial charge on any atom is 0.0834 e. The molecule has 0 saturated heterocycles. The van der Waals surface area contributed by atoms with Crippen LogP contribution in [0, 0.1) is 40.9 Å². The van der Waals surface area contributed by atoms with Crippen molar-refractivity contribution in [3.05, 3.63) is 30.3 Å². The zero-order valence-corrected chi connectivity index (χ0v) is 18.9. The van der Waals surface area contributed by atoms with Crippen molar-refractivity contribution in [1.29, 1.82) is 0 Å². The first-order chi connectivity index (χ1) is 13.9. The molecule has 0 radical (unpaired) electrons. The van der Waals surface area contributed by atoms with Crippen molar-refractivity contribution in [2.45, 2.75) is 77.2 Å². The van der Waals surface area contributed by atoms with E-state index in [9.17, 15) is 5.11 Å². The van der Waals surface area contributed by atoms with Crippen LogP contribution >= 0.6 is 12.2 Å². The van der Waals surface area contributed by atoms with E-state index in [0.717, 1.165) is 53.1 Å². The number of hydrogen-bond acceptors (Lipinski definition) is 2. The maximum atomic E-state index is 10.6. The molecule has 4 aliphatic rings. The molecule has 0 heterocycles. The molecule has 4 saturated carbocycles. The van der Waals surface area contributed by atoms with E-state index in [0.29, 0.717) is 11.3 Å². The molecule has 3 heteroatoms. The normalized spacial score (nSPS) is 46.3. The van der Waals surface area contributed by atoms with Crippen LogP contribution < -0.4 is 5.32 Å². The molecular formula is C26H37NOS. The van der Waals surface area contributed by atoms with Crippen LogP contribution in [0.15, 0.2) is 30.3 Å². The second kappa shape index (κ2) is 7.34. The Kier molecular flexibility index (Phi) is 5.06. The van der Waals surface area contributed by atoms with Gasteiger partial charge in [-0.1, -0.05) is 37.3 Å². The summed E-state index contributed by atoms with van der Waals surface area (Å²) in [7, 11) is 0. The molecule has 8 atom stereocenters. The number of rotatable bonds is 2. The summed E-state index contributed by atoms with van der Waals surface area (Å²) in [5.41, 5.74) is 1.09. The lowest BCUT2D eigenvalue weighted by Crippen LogP contribution is -2.51. The molecule has 0 aromatic heterocycles. The van der Waals surface area contributed by atoms with Gasteiger partial charge in [-0.25, -0.2) is 0 Å². The van der Waals surface area contributed by atoms with Crippen molar-refractivity contribution in [2.75, 3.05) is 5.32 Å². The highest BCUT2D eigenvalue weighted by atomic mass is 32.1. The monoisotopic (exact) mass is 411 g/mol. The van der Waals surface area contributed by atoms with Gasteiger partial charge in [0.1, 0.15) is 0 Å². The summed E-state index contributed by atoms with van der Waals surface area (Å²) in [6.07, 6.45) is 11.3. The van der Waals surface area contributed by atoms with Crippen LogP contribution in [0.4, 0.5) is 5.69 Å². The standard InChI is InChI=1S/C26H37NOS/c1-25(28)14-12-19-17(16-25)8-9-21-20(19)13-15-26(2)22(21)10-11-23(26)24(29)27-18-6-4-3-5-7-18/h3-7,17,19-23,28H,8-16H2,1-2H3,(H,27,29)/t17-,19+,20-,21-,22+,23-,25-,26+/m1/s1. The zero-order valence-electron chi connectivity index (χ0n) is 18.1. The molecular weight excluding hydrogens is 374 g/mol. The molecule has 2 N–H and O–H groups in total. The van der Waals surface area contributed by atoms with Gasteiger partial charge >= 0.3 is 0 Å². The highest BCUT2D eigenvalue weighted by molar-refractivity contribution is 7.80. The lowest BCUT2D eigenvalue weighted by molar-refractivity contribution is -0.0963. The molecule has 5 rings (SSSR count). The molecule has 0 spiro atoms. The Labute approximate surface area is 181 Å². The van der Waals surface area contributed by atoms with E-state index in [2.05, 4.69) is 49.5 Å². The van der Waals surface area contributed by atoms with Gasteiger partial charge < -0.3 is 10.4 Å². The molecule has 0 amide bonds. The fourth-order valence-corrected chi connectivity index (χ4v) is 8.77. The van der Waals surface area contributed by atoms with Gasteiger partial charge in [-0.05, 0) is 112 Å². The maximum absolute atomic E-state index is 10.6. The summed E-state index contributed by atoms with van der Waals surface area (Å²) in [6.45, 7) is 4.62. The molecule has 0 aliphatic heterocycles. The van der Waals surface area contributed by atoms with Crippen molar-refractivity contribution < 1.29 is 5.11 Å². The van der Waals surface area contributed by atoms with Crippen LogP contribution in [0.3, 0.4) is 0 Å². The van der Waals surface area contributed by atoms with Gasteiger partial charge in [-0.2, -0.15) is 0 Å². The summed E-state index contributed by atoms with van der Waals surface area (Å²) >= 11 is 5.96. The quantitative estimate of drug-likeness (QED) is 0.549. The van der Waals surface area contributed by atoms with E-state index >= 15 is 0 Å². The largest absolute Gasteiger partial charge is 0.390 e. The highest BCUT2D eigenvalue weighted by Crippen LogP contribution is 2.64. The van der Waals surface area contributed by atoms with Crippen LogP contribution in [-0.4, -0.2) is 15.7 Å². The van der Waals surface area contributed by atoms with Crippen LogP contribution in [0.25, 0.3) is 0 Å². The molecule has 1 aromatic rings. The van der Waals surface area contributed by atoms with Crippen LogP contribution in [0.2, 0.25) is 0 Å². The first-order valence-corrected chi connectivity index (χ1v) is 12.4. The molecule has 158 valence electrons. The molecule has 0 unspecified atom stereocenters. The fraction of sp³-hybridized carbons (Fsp3) is 0.731. The highest BCUT2D eigenvalue weighted by Gasteiger charge is 2.58. The number of thiocarbonyl (C=S) groups is 1. The fourth-order valence-electron chi connectivity index (χ4n) is 8.26. The summed E-state index contributed by atoms with van der Waals surface area (Å²) in [4.78, 5) is 1.07. The molecule has 29 heavy (non-hydrogen) atoms. The number of para-hydroxylation sites is 1. The predicted octanol–water partition coefficient (Wildman–Crippen LogP) is 6.45. The van der Waals surface area contributed by atoms with Gasteiger partial charge in [-0.3, -0.25) is 0 Å². The predicted molar refractivity (Wildman–Crippen MR) is 124 cm³/mol. The van der Waals surface area contributed by atoms with Gasteiger partial charge in [-0.15, -0.1) is 0 Å². The molecule has 1 aromatic carbocycles. The smallest absolute Gasteiger partial charge is 0.0834 e. The number of nitrogens with one attached hydrogen (secondary N) is 1. The Balaban J connectivity index is 1.31. The Hall–Kier alpha value is -0.930. The molecule has 4 aliphatic carbocycles. The number of benzene rings is 1. The van der Waals surface area contributed by atoms with E-state index < -0.39 is 5.60 Å². The SMILES string of the molecule is C[C@@]1(O)CC[C@H]2[C@H](CC[C@@H]3[C@@H]2CC[C@]2(C)[C@@H](C(=S)Nc4ccccc4)CC[C@@H]32)C1. The van der Waals surface area contributed by atoms with Crippen molar-refractivity contribution in [3.8, 4) is 0 Å². The second-order valence-electron chi connectivity index (χ2n) is 11.2. The van der Waals surface area contributed by atoms with E-state index in [1.807, 2.05) is 0 Å². The lowest BCUT2D eigenvalue weighted by Gasteiger charge is -2.57. The van der Waals surface area contributed by atoms with Crippen molar-refractivity contribution >= 4 is 22.9 Å². The summed E-state index contributed by atoms with van der Waals surface area (Å²) in [6, 6.07) is 10.5. The Bertz CT molecular complexity index is 761. The van der Waals surface area contributed by atoms with Crippen molar-refractivity contribution in [3.63, 3.8) is 0 Å². The van der Waals surface area contributed by atoms with Gasteiger partial charge in [0.05, 0.1) is 10.6 Å². The van der Waals surface area contributed by atoms with Gasteiger partial charge in [0.2, 0.25) is 0 Å². The second-order valence-corrected chi connectivity index (χ2v) is 11.6. The third-order valence-electron chi connectivity index (χ3n) is 9.59. The average molecular weight is 412 g/mol. The van der Waals surface area contributed by atoms with E-state index in [-0.39, 0.29) is 0 Å². The Morgan fingerprint density at radius 3 is 2.48 bits per heavy atom. The third kappa shape index (κ3) is 3.47. The topological polar surface area (TPSA) is 32.3 Å². The Morgan fingerprint density at radius 1 is 0.931 bits per heavy atom. The molecule has 2 nitrogen and oxygen atoms in total. The number of aliphatic hydroxyl groups is 1. The third-order valence-corrected chi connectivity index (χ3v) is 9.98. The van der Waals surface area contributed by atoms with Crippen LogP contribution in [-0.2, 0) is 0 Å². The van der Waals surface area contributed by atoms with Gasteiger partial charge in [0.25, 0.3) is 0 Å². The molecule has 0 bridgehead atoms. The minimum atomic E-state index is -0.412. The molecule has 4 fully saturated rings. The van der Waals surface area contributed by atoms with Crippen LogP contribution in [0.5, 0.6) is 0 Å². The number of anilines is 1. The summed E-state index contributed by atoms with van der Waals surface area (Å²) < 4.78 is 0. The average Bonchev–Trinajstić information content (AvgIpc) is 3.05. The van der Waals surface area contributed by atoms with Gasteiger partial charge in [0, 0.05) is 11.6 Å². The number of fused-ring (bicyclic) bond motifs is 5. The van der Waals surface area contributed by atoms with Crippen LogP contribution in [0.1, 0.15) is 71.6 Å². The van der Waals surface area contributed by atoms with E-state index in [1.165, 1.54) is 44.9 Å². The minimum Gasteiger partial charge on any atom is -0.390 e. The minimum absolute atomic E-state index is 0.368. The number of hydrogen-bond donors (Lipinski definition) is 2.